The number of rotatable bonds is 3. The lowest BCUT2D eigenvalue weighted by atomic mass is 9.98. The SMILES string of the molecule is Cc1c(Cl)cccc1NC(=O)[C@@H](C)[NH+]1CCC(C)CC1. The summed E-state index contributed by atoms with van der Waals surface area (Å²) in [5, 5.41) is 3.70. The van der Waals surface area contributed by atoms with Crippen LogP contribution in [0.5, 0.6) is 0 Å². The number of likely N-dealkylation sites (tertiary alicyclic amines) is 1. The molecule has 1 aliphatic heterocycles. The molecule has 0 bridgehead atoms. The molecule has 0 aromatic heterocycles. The number of quaternary nitrogens is 1. The lowest BCUT2D eigenvalue weighted by Crippen LogP contribution is -3.17. The van der Waals surface area contributed by atoms with Crippen molar-refractivity contribution in [1.29, 1.82) is 0 Å². The van der Waals surface area contributed by atoms with Crippen molar-refractivity contribution >= 4 is 23.2 Å². The summed E-state index contributed by atoms with van der Waals surface area (Å²) in [4.78, 5) is 13.8. The Labute approximate surface area is 126 Å². The second-order valence-electron chi connectivity index (χ2n) is 5.96. The van der Waals surface area contributed by atoms with Gasteiger partial charge in [-0.25, -0.2) is 0 Å². The number of carbonyl (C=O) groups is 1. The van der Waals surface area contributed by atoms with E-state index in [4.69, 9.17) is 11.6 Å². The lowest BCUT2D eigenvalue weighted by molar-refractivity contribution is -0.919. The molecule has 1 amide bonds. The highest BCUT2D eigenvalue weighted by Gasteiger charge is 2.28. The van der Waals surface area contributed by atoms with E-state index in [2.05, 4.69) is 12.2 Å². The van der Waals surface area contributed by atoms with Crippen LogP contribution in [0.15, 0.2) is 18.2 Å². The molecular formula is C16H24ClN2O+. The van der Waals surface area contributed by atoms with Gasteiger partial charge in [0.25, 0.3) is 5.91 Å². The molecule has 20 heavy (non-hydrogen) atoms. The topological polar surface area (TPSA) is 33.5 Å². The van der Waals surface area contributed by atoms with E-state index in [0.29, 0.717) is 5.02 Å². The molecule has 2 rings (SSSR count). The van der Waals surface area contributed by atoms with E-state index in [9.17, 15) is 4.79 Å². The Morgan fingerprint density at radius 1 is 1.40 bits per heavy atom. The molecule has 0 unspecified atom stereocenters. The molecule has 1 aromatic rings. The predicted molar refractivity (Wildman–Crippen MR) is 83.4 cm³/mol. The molecule has 1 saturated heterocycles. The van der Waals surface area contributed by atoms with E-state index in [1.807, 2.05) is 32.0 Å². The Hall–Kier alpha value is -1.06. The van der Waals surface area contributed by atoms with Gasteiger partial charge in [-0.2, -0.15) is 0 Å². The molecule has 1 fully saturated rings. The number of nitrogens with one attached hydrogen (secondary N) is 2. The first-order chi connectivity index (χ1) is 9.49. The maximum atomic E-state index is 12.4. The molecule has 4 heteroatoms. The molecule has 2 N–H and O–H groups in total. The number of hydrogen-bond donors (Lipinski definition) is 2. The third kappa shape index (κ3) is 3.53. The fourth-order valence-electron chi connectivity index (χ4n) is 2.74. The maximum absolute atomic E-state index is 12.4. The number of benzene rings is 1. The Morgan fingerprint density at radius 2 is 2.05 bits per heavy atom. The summed E-state index contributed by atoms with van der Waals surface area (Å²) in [7, 11) is 0. The lowest BCUT2D eigenvalue weighted by Gasteiger charge is -2.31. The number of amides is 1. The highest BCUT2D eigenvalue weighted by molar-refractivity contribution is 6.31. The maximum Gasteiger partial charge on any atom is 0.282 e. The van der Waals surface area contributed by atoms with Crippen LogP contribution in [0.25, 0.3) is 0 Å². The molecule has 0 saturated carbocycles. The zero-order chi connectivity index (χ0) is 14.7. The van der Waals surface area contributed by atoms with Gasteiger partial charge < -0.3 is 10.2 Å². The highest BCUT2D eigenvalue weighted by atomic mass is 35.5. The molecule has 1 heterocycles. The van der Waals surface area contributed by atoms with E-state index >= 15 is 0 Å². The van der Waals surface area contributed by atoms with E-state index in [0.717, 1.165) is 30.3 Å². The van der Waals surface area contributed by atoms with Crippen LogP contribution in [0, 0.1) is 12.8 Å². The van der Waals surface area contributed by atoms with Crippen LogP contribution in [0.3, 0.4) is 0 Å². The minimum Gasteiger partial charge on any atom is -0.325 e. The van der Waals surface area contributed by atoms with Gasteiger partial charge in [0.1, 0.15) is 0 Å². The second kappa shape index (κ2) is 6.59. The molecule has 0 aliphatic carbocycles. The first-order valence-corrected chi connectivity index (χ1v) is 7.77. The zero-order valence-corrected chi connectivity index (χ0v) is 13.3. The molecule has 110 valence electrons. The van der Waals surface area contributed by atoms with Gasteiger partial charge in [-0.3, -0.25) is 4.79 Å². The van der Waals surface area contributed by atoms with Crippen molar-refractivity contribution in [2.24, 2.45) is 5.92 Å². The van der Waals surface area contributed by atoms with Crippen molar-refractivity contribution < 1.29 is 9.69 Å². The third-order valence-electron chi connectivity index (χ3n) is 4.45. The van der Waals surface area contributed by atoms with Crippen LogP contribution in [0.1, 0.15) is 32.3 Å². The molecule has 0 radical (unpaired) electrons. The van der Waals surface area contributed by atoms with Crippen molar-refractivity contribution in [2.75, 3.05) is 18.4 Å². The Morgan fingerprint density at radius 3 is 2.70 bits per heavy atom. The summed E-state index contributed by atoms with van der Waals surface area (Å²) in [5.74, 6) is 0.879. The van der Waals surface area contributed by atoms with Crippen LogP contribution in [-0.4, -0.2) is 25.0 Å². The van der Waals surface area contributed by atoms with Crippen molar-refractivity contribution in [3.8, 4) is 0 Å². The summed E-state index contributed by atoms with van der Waals surface area (Å²) in [6.07, 6.45) is 2.42. The summed E-state index contributed by atoms with van der Waals surface area (Å²) in [6, 6.07) is 5.60. The third-order valence-corrected chi connectivity index (χ3v) is 4.86. The Kier molecular flexibility index (Phi) is 5.06. The van der Waals surface area contributed by atoms with Crippen LogP contribution >= 0.6 is 11.6 Å². The number of halogens is 1. The van der Waals surface area contributed by atoms with E-state index < -0.39 is 0 Å². The normalized spacial score (nSPS) is 24.2. The summed E-state index contributed by atoms with van der Waals surface area (Å²) < 4.78 is 0. The molecule has 0 spiro atoms. The number of piperidine rings is 1. The minimum absolute atomic E-state index is 0.0131. The van der Waals surface area contributed by atoms with Crippen LogP contribution < -0.4 is 10.2 Å². The molecule has 3 nitrogen and oxygen atoms in total. The number of hydrogen-bond acceptors (Lipinski definition) is 1. The standard InChI is InChI=1S/C16H23ClN2O/c1-11-7-9-19(10-8-11)13(3)16(20)18-15-6-4-5-14(17)12(15)2/h4-6,11,13H,7-10H2,1-3H3,(H,18,20)/p+1/t13-/m1/s1. The van der Waals surface area contributed by atoms with Crippen LogP contribution in [0.4, 0.5) is 5.69 Å². The van der Waals surface area contributed by atoms with Gasteiger partial charge >= 0.3 is 0 Å². The van der Waals surface area contributed by atoms with Gasteiger partial charge in [0.15, 0.2) is 6.04 Å². The average molecular weight is 296 g/mol. The molecule has 1 aromatic carbocycles. The van der Waals surface area contributed by atoms with Crippen LogP contribution in [-0.2, 0) is 4.79 Å². The Bertz CT molecular complexity index is 481. The van der Waals surface area contributed by atoms with Gasteiger partial charge in [-0.05, 0) is 50.3 Å². The summed E-state index contributed by atoms with van der Waals surface area (Å²) >= 11 is 6.09. The highest BCUT2D eigenvalue weighted by Crippen LogP contribution is 2.22. The van der Waals surface area contributed by atoms with Gasteiger partial charge in [-0.15, -0.1) is 0 Å². The quantitative estimate of drug-likeness (QED) is 0.881. The fraction of sp³-hybridized carbons (Fsp3) is 0.562. The van der Waals surface area contributed by atoms with E-state index in [1.54, 1.807) is 0 Å². The summed E-state index contributed by atoms with van der Waals surface area (Å²) in [6.45, 7) is 8.41. The first kappa shape index (κ1) is 15.3. The largest absolute Gasteiger partial charge is 0.325 e. The van der Waals surface area contributed by atoms with Gasteiger partial charge in [-0.1, -0.05) is 24.6 Å². The van der Waals surface area contributed by atoms with Crippen molar-refractivity contribution in [1.82, 2.24) is 0 Å². The van der Waals surface area contributed by atoms with Crippen molar-refractivity contribution in [3.63, 3.8) is 0 Å². The first-order valence-electron chi connectivity index (χ1n) is 7.39. The van der Waals surface area contributed by atoms with Crippen molar-refractivity contribution in [2.45, 2.75) is 39.7 Å². The van der Waals surface area contributed by atoms with Crippen molar-refractivity contribution in [3.05, 3.63) is 28.8 Å². The molecular weight excluding hydrogens is 272 g/mol. The predicted octanol–water partition coefficient (Wildman–Crippen LogP) is 2.29. The van der Waals surface area contributed by atoms with Gasteiger partial charge in [0, 0.05) is 10.7 Å². The van der Waals surface area contributed by atoms with Gasteiger partial charge in [0.2, 0.25) is 0 Å². The molecule has 1 aliphatic rings. The average Bonchev–Trinajstić information content (AvgIpc) is 2.44. The number of carbonyl (C=O) groups excluding carboxylic acids is 1. The monoisotopic (exact) mass is 295 g/mol. The van der Waals surface area contributed by atoms with Gasteiger partial charge in [0.05, 0.1) is 13.1 Å². The smallest absolute Gasteiger partial charge is 0.282 e. The van der Waals surface area contributed by atoms with E-state index in [-0.39, 0.29) is 11.9 Å². The number of anilines is 1. The fourth-order valence-corrected chi connectivity index (χ4v) is 2.91. The molecule has 1 atom stereocenters. The minimum atomic E-state index is -0.0131. The second-order valence-corrected chi connectivity index (χ2v) is 6.37. The van der Waals surface area contributed by atoms with E-state index in [1.165, 1.54) is 17.7 Å². The Balaban J connectivity index is 1.99. The zero-order valence-electron chi connectivity index (χ0n) is 12.5. The summed E-state index contributed by atoms with van der Waals surface area (Å²) in [5.41, 5.74) is 1.75. The van der Waals surface area contributed by atoms with Crippen LogP contribution in [0.2, 0.25) is 5.02 Å².